The summed E-state index contributed by atoms with van der Waals surface area (Å²) in [5.41, 5.74) is 6.45. The first kappa shape index (κ1) is 13.9. The number of carbonyl (C=O) groups excluding carboxylic acids is 1. The molecule has 2 N–H and O–H groups in total. The molecule has 1 aromatic heterocycles. The molecule has 4 heteroatoms. The minimum Gasteiger partial charge on any atom is -0.383 e. The molecule has 2 heterocycles. The van der Waals surface area contributed by atoms with Crippen molar-refractivity contribution in [2.24, 2.45) is 5.92 Å². The van der Waals surface area contributed by atoms with E-state index < -0.39 is 0 Å². The number of fused-ring (bicyclic) bond motifs is 1. The van der Waals surface area contributed by atoms with Crippen LogP contribution in [-0.2, 0) is 0 Å². The highest BCUT2D eigenvalue weighted by Gasteiger charge is 2.21. The number of carbonyl (C=O) groups is 1. The van der Waals surface area contributed by atoms with Crippen molar-refractivity contribution < 1.29 is 4.79 Å². The lowest BCUT2D eigenvalue weighted by Crippen LogP contribution is -2.32. The van der Waals surface area contributed by atoms with Crippen LogP contribution in [0, 0.1) is 5.92 Å². The summed E-state index contributed by atoms with van der Waals surface area (Å²) in [6.07, 6.45) is 3.32. The summed E-state index contributed by atoms with van der Waals surface area (Å²) in [4.78, 5) is 18.9. The molecular weight excluding hydrogens is 262 g/mol. The zero-order valence-corrected chi connectivity index (χ0v) is 12.4. The molecule has 0 aliphatic carbocycles. The van der Waals surface area contributed by atoms with Gasteiger partial charge in [0, 0.05) is 18.5 Å². The van der Waals surface area contributed by atoms with Gasteiger partial charge in [-0.05, 0) is 36.6 Å². The van der Waals surface area contributed by atoms with Gasteiger partial charge in [-0.15, -0.1) is 0 Å². The molecule has 1 amide bonds. The Bertz CT molecular complexity index is 668. The van der Waals surface area contributed by atoms with Gasteiger partial charge in [0.2, 0.25) is 0 Å². The van der Waals surface area contributed by atoms with Crippen LogP contribution >= 0.6 is 0 Å². The molecule has 0 saturated carbocycles. The van der Waals surface area contributed by atoms with Crippen molar-refractivity contribution in [3.63, 3.8) is 0 Å². The van der Waals surface area contributed by atoms with Gasteiger partial charge in [0.15, 0.2) is 0 Å². The van der Waals surface area contributed by atoms with Crippen LogP contribution in [0.3, 0.4) is 0 Å². The highest BCUT2D eigenvalue weighted by molar-refractivity contribution is 5.99. The fourth-order valence-electron chi connectivity index (χ4n) is 2.96. The van der Waals surface area contributed by atoms with Crippen molar-refractivity contribution in [2.75, 3.05) is 18.8 Å². The second-order valence-corrected chi connectivity index (χ2v) is 5.94. The number of nitrogen functional groups attached to an aromatic ring is 1. The summed E-state index contributed by atoms with van der Waals surface area (Å²) in [6, 6.07) is 9.62. The van der Waals surface area contributed by atoms with Gasteiger partial charge in [0.25, 0.3) is 5.91 Å². The number of benzene rings is 1. The molecule has 0 bridgehead atoms. The van der Waals surface area contributed by atoms with Crippen LogP contribution in [0.4, 0.5) is 5.82 Å². The van der Waals surface area contributed by atoms with Gasteiger partial charge < -0.3 is 10.6 Å². The maximum atomic E-state index is 12.7. The topological polar surface area (TPSA) is 59.2 Å². The Labute approximate surface area is 125 Å². The smallest absolute Gasteiger partial charge is 0.272 e. The highest BCUT2D eigenvalue weighted by Crippen LogP contribution is 2.22. The van der Waals surface area contributed by atoms with Crippen LogP contribution in [0.15, 0.2) is 30.3 Å². The van der Waals surface area contributed by atoms with E-state index in [2.05, 4.69) is 11.9 Å². The zero-order chi connectivity index (χ0) is 14.8. The fourth-order valence-corrected chi connectivity index (χ4v) is 2.96. The predicted molar refractivity (Wildman–Crippen MR) is 85.1 cm³/mol. The van der Waals surface area contributed by atoms with E-state index in [0.29, 0.717) is 17.4 Å². The molecule has 1 atom stereocenters. The first-order valence-corrected chi connectivity index (χ1v) is 7.59. The molecule has 110 valence electrons. The lowest BCUT2D eigenvalue weighted by molar-refractivity contribution is 0.0755. The minimum atomic E-state index is 0.00144. The Hall–Kier alpha value is -2.10. The van der Waals surface area contributed by atoms with Crippen LogP contribution in [0.25, 0.3) is 10.8 Å². The van der Waals surface area contributed by atoms with Gasteiger partial charge in [-0.1, -0.05) is 31.2 Å². The highest BCUT2D eigenvalue weighted by atomic mass is 16.2. The number of rotatable bonds is 1. The number of nitrogens with zero attached hydrogens (tertiary/aromatic N) is 2. The number of pyridine rings is 1. The lowest BCUT2D eigenvalue weighted by Gasteiger charge is -2.20. The van der Waals surface area contributed by atoms with E-state index >= 15 is 0 Å². The van der Waals surface area contributed by atoms with Crippen molar-refractivity contribution >= 4 is 22.5 Å². The summed E-state index contributed by atoms with van der Waals surface area (Å²) in [6.45, 7) is 3.88. The van der Waals surface area contributed by atoms with E-state index in [1.165, 1.54) is 6.42 Å². The molecule has 1 aromatic carbocycles. The summed E-state index contributed by atoms with van der Waals surface area (Å²) in [5, 5.41) is 1.87. The summed E-state index contributed by atoms with van der Waals surface area (Å²) in [5.74, 6) is 1.12. The number of hydrogen-bond donors (Lipinski definition) is 1. The third kappa shape index (κ3) is 2.84. The van der Waals surface area contributed by atoms with Crippen LogP contribution in [-0.4, -0.2) is 28.9 Å². The van der Waals surface area contributed by atoms with Gasteiger partial charge >= 0.3 is 0 Å². The molecule has 21 heavy (non-hydrogen) atoms. The van der Waals surface area contributed by atoms with Gasteiger partial charge in [-0.2, -0.15) is 0 Å². The fraction of sp³-hybridized carbons (Fsp3) is 0.412. The Balaban J connectivity index is 1.90. The van der Waals surface area contributed by atoms with E-state index in [-0.39, 0.29) is 5.91 Å². The van der Waals surface area contributed by atoms with Crippen molar-refractivity contribution in [3.05, 3.63) is 36.0 Å². The third-order valence-electron chi connectivity index (χ3n) is 4.29. The van der Waals surface area contributed by atoms with E-state index in [9.17, 15) is 4.79 Å². The maximum absolute atomic E-state index is 12.7. The van der Waals surface area contributed by atoms with Crippen molar-refractivity contribution in [1.29, 1.82) is 0 Å². The molecule has 2 aromatic rings. The first-order chi connectivity index (χ1) is 10.1. The van der Waals surface area contributed by atoms with Gasteiger partial charge in [0.1, 0.15) is 11.5 Å². The normalized spacial score (nSPS) is 19.5. The summed E-state index contributed by atoms with van der Waals surface area (Å²) in [7, 11) is 0. The molecular formula is C17H21N3O. The van der Waals surface area contributed by atoms with Gasteiger partial charge in [-0.3, -0.25) is 4.79 Å². The third-order valence-corrected chi connectivity index (χ3v) is 4.29. The quantitative estimate of drug-likeness (QED) is 0.875. The van der Waals surface area contributed by atoms with Gasteiger partial charge in [-0.25, -0.2) is 4.98 Å². The standard InChI is InChI=1S/C17H21N3O/c1-12-5-4-9-20(10-8-12)17(21)15-11-13-6-2-3-7-14(13)16(18)19-15/h2-3,6-7,11-12H,4-5,8-10H2,1H3,(H2,18,19). The van der Waals surface area contributed by atoms with E-state index in [1.54, 1.807) is 0 Å². The number of hydrogen-bond acceptors (Lipinski definition) is 3. The van der Waals surface area contributed by atoms with Crippen molar-refractivity contribution in [1.82, 2.24) is 9.88 Å². The number of amides is 1. The number of aromatic nitrogens is 1. The number of anilines is 1. The SMILES string of the molecule is CC1CCCN(C(=O)c2cc3ccccc3c(N)n2)CC1. The largest absolute Gasteiger partial charge is 0.383 e. The maximum Gasteiger partial charge on any atom is 0.272 e. The van der Waals surface area contributed by atoms with Crippen LogP contribution in [0.1, 0.15) is 36.7 Å². The van der Waals surface area contributed by atoms with E-state index in [1.807, 2.05) is 35.2 Å². The second-order valence-electron chi connectivity index (χ2n) is 5.94. The number of likely N-dealkylation sites (tertiary alicyclic amines) is 1. The molecule has 0 radical (unpaired) electrons. The monoisotopic (exact) mass is 283 g/mol. The van der Waals surface area contributed by atoms with Crippen LogP contribution in [0.2, 0.25) is 0 Å². The number of nitrogens with two attached hydrogens (primary N) is 1. The van der Waals surface area contributed by atoms with E-state index in [0.717, 1.165) is 36.7 Å². The van der Waals surface area contributed by atoms with E-state index in [4.69, 9.17) is 5.73 Å². The first-order valence-electron chi connectivity index (χ1n) is 7.59. The summed E-state index contributed by atoms with van der Waals surface area (Å²) < 4.78 is 0. The average Bonchev–Trinajstić information content (AvgIpc) is 2.71. The molecule has 1 unspecified atom stereocenters. The Morgan fingerprint density at radius 2 is 2.10 bits per heavy atom. The molecule has 3 rings (SSSR count). The Kier molecular flexibility index (Phi) is 3.78. The molecule has 1 fully saturated rings. The van der Waals surface area contributed by atoms with Crippen LogP contribution < -0.4 is 5.73 Å². The zero-order valence-electron chi connectivity index (χ0n) is 12.4. The molecule has 1 aliphatic rings. The second kappa shape index (κ2) is 5.72. The predicted octanol–water partition coefficient (Wildman–Crippen LogP) is 3.08. The Morgan fingerprint density at radius 1 is 1.29 bits per heavy atom. The van der Waals surface area contributed by atoms with Crippen LogP contribution in [0.5, 0.6) is 0 Å². The average molecular weight is 283 g/mol. The van der Waals surface area contributed by atoms with Crippen molar-refractivity contribution in [2.45, 2.75) is 26.2 Å². The Morgan fingerprint density at radius 3 is 2.95 bits per heavy atom. The molecule has 1 saturated heterocycles. The minimum absolute atomic E-state index is 0.00144. The molecule has 4 nitrogen and oxygen atoms in total. The lowest BCUT2D eigenvalue weighted by atomic mass is 10.0. The van der Waals surface area contributed by atoms with Gasteiger partial charge in [0.05, 0.1) is 0 Å². The summed E-state index contributed by atoms with van der Waals surface area (Å²) >= 11 is 0. The van der Waals surface area contributed by atoms with Crippen molar-refractivity contribution in [3.8, 4) is 0 Å². The molecule has 1 aliphatic heterocycles. The molecule has 0 spiro atoms.